The Morgan fingerprint density at radius 1 is 1.03 bits per heavy atom. The van der Waals surface area contributed by atoms with Gasteiger partial charge in [-0.15, -0.1) is 0 Å². The van der Waals surface area contributed by atoms with E-state index in [0.717, 1.165) is 22.7 Å². The molecule has 0 atom stereocenters. The molecule has 6 heteroatoms. The predicted molar refractivity (Wildman–Crippen MR) is 110 cm³/mol. The van der Waals surface area contributed by atoms with Gasteiger partial charge in [-0.2, -0.15) is 5.10 Å². The second-order valence-electron chi connectivity index (χ2n) is 6.74. The number of amides is 1. The standard InChI is InChI=1S/C23H21N3O3/c1-16-8-10-18(11-9-16)26-22(14-17(2)25-26)24-23(27)21-13-12-20(29-21)15-28-19-6-4-3-5-7-19/h3-14H,15H2,1-2H3,(H,24,27). The van der Waals surface area contributed by atoms with E-state index in [1.165, 1.54) is 0 Å². The zero-order valence-corrected chi connectivity index (χ0v) is 16.3. The molecule has 6 nitrogen and oxygen atoms in total. The number of aromatic nitrogens is 2. The zero-order chi connectivity index (χ0) is 20.2. The zero-order valence-electron chi connectivity index (χ0n) is 16.3. The van der Waals surface area contributed by atoms with Crippen LogP contribution < -0.4 is 10.1 Å². The van der Waals surface area contributed by atoms with E-state index >= 15 is 0 Å². The lowest BCUT2D eigenvalue weighted by atomic mass is 10.2. The fourth-order valence-electron chi connectivity index (χ4n) is 2.90. The van der Waals surface area contributed by atoms with Crippen molar-refractivity contribution in [2.75, 3.05) is 5.32 Å². The van der Waals surface area contributed by atoms with E-state index in [1.807, 2.05) is 74.5 Å². The van der Waals surface area contributed by atoms with Crippen LogP contribution in [-0.4, -0.2) is 15.7 Å². The van der Waals surface area contributed by atoms with E-state index in [0.29, 0.717) is 11.6 Å². The van der Waals surface area contributed by atoms with E-state index < -0.39 is 0 Å². The van der Waals surface area contributed by atoms with E-state index in [9.17, 15) is 4.79 Å². The van der Waals surface area contributed by atoms with E-state index in [1.54, 1.807) is 16.8 Å². The Balaban J connectivity index is 1.46. The number of furan rings is 1. The number of hydrogen-bond acceptors (Lipinski definition) is 4. The maximum absolute atomic E-state index is 12.7. The topological polar surface area (TPSA) is 69.3 Å². The number of hydrogen-bond donors (Lipinski definition) is 1. The third-order valence-corrected chi connectivity index (χ3v) is 4.36. The highest BCUT2D eigenvalue weighted by atomic mass is 16.5. The number of nitrogens with zero attached hydrogens (tertiary/aromatic N) is 2. The second kappa shape index (κ2) is 8.06. The van der Waals surface area contributed by atoms with Crippen LogP contribution in [0.3, 0.4) is 0 Å². The highest BCUT2D eigenvalue weighted by Gasteiger charge is 2.16. The van der Waals surface area contributed by atoms with Gasteiger partial charge in [0.05, 0.1) is 11.4 Å². The Morgan fingerprint density at radius 3 is 2.55 bits per heavy atom. The molecule has 0 bridgehead atoms. The number of benzene rings is 2. The van der Waals surface area contributed by atoms with Crippen molar-refractivity contribution in [3.63, 3.8) is 0 Å². The summed E-state index contributed by atoms with van der Waals surface area (Å²) in [5.41, 5.74) is 2.83. The third-order valence-electron chi connectivity index (χ3n) is 4.36. The maximum atomic E-state index is 12.7. The van der Waals surface area contributed by atoms with Gasteiger partial charge >= 0.3 is 0 Å². The molecule has 2 aromatic heterocycles. The number of ether oxygens (including phenoxy) is 1. The number of anilines is 1. The van der Waals surface area contributed by atoms with E-state index in [4.69, 9.17) is 9.15 Å². The van der Waals surface area contributed by atoms with Gasteiger partial charge < -0.3 is 14.5 Å². The molecule has 1 N–H and O–H groups in total. The van der Waals surface area contributed by atoms with Gasteiger partial charge in [-0.3, -0.25) is 4.79 Å². The number of aryl methyl sites for hydroxylation is 2. The molecule has 0 radical (unpaired) electrons. The molecule has 0 fully saturated rings. The first-order valence-corrected chi connectivity index (χ1v) is 9.30. The van der Waals surface area contributed by atoms with Crippen LogP contribution >= 0.6 is 0 Å². The van der Waals surface area contributed by atoms with Gasteiger partial charge in [0, 0.05) is 6.07 Å². The molecule has 0 aliphatic rings. The van der Waals surface area contributed by atoms with Gasteiger partial charge in [0.15, 0.2) is 5.76 Å². The van der Waals surface area contributed by atoms with Gasteiger partial charge in [0.25, 0.3) is 5.91 Å². The molecular weight excluding hydrogens is 366 g/mol. The van der Waals surface area contributed by atoms with Crippen molar-refractivity contribution in [3.05, 3.63) is 95.6 Å². The van der Waals surface area contributed by atoms with Gasteiger partial charge in [-0.1, -0.05) is 35.9 Å². The first-order valence-electron chi connectivity index (χ1n) is 9.30. The number of para-hydroxylation sites is 1. The van der Waals surface area contributed by atoms with E-state index in [2.05, 4.69) is 10.4 Å². The Labute approximate surface area is 168 Å². The minimum absolute atomic E-state index is 0.214. The van der Waals surface area contributed by atoms with Crippen LogP contribution in [-0.2, 0) is 6.61 Å². The lowest BCUT2D eigenvalue weighted by molar-refractivity contribution is 0.0992. The minimum atomic E-state index is -0.343. The summed E-state index contributed by atoms with van der Waals surface area (Å²) < 4.78 is 13.0. The quantitative estimate of drug-likeness (QED) is 0.510. The third kappa shape index (κ3) is 4.38. The number of nitrogens with one attached hydrogen (secondary N) is 1. The molecule has 29 heavy (non-hydrogen) atoms. The summed E-state index contributed by atoms with van der Waals surface area (Å²) in [6, 6.07) is 22.6. The average molecular weight is 387 g/mol. The summed E-state index contributed by atoms with van der Waals surface area (Å²) in [4.78, 5) is 12.7. The monoisotopic (exact) mass is 387 g/mol. The summed E-state index contributed by atoms with van der Waals surface area (Å²) in [5.74, 6) is 1.76. The highest BCUT2D eigenvalue weighted by molar-refractivity contribution is 6.02. The van der Waals surface area contributed by atoms with Crippen molar-refractivity contribution in [1.29, 1.82) is 0 Å². The Bertz CT molecular complexity index is 1110. The summed E-state index contributed by atoms with van der Waals surface area (Å²) >= 11 is 0. The lowest BCUT2D eigenvalue weighted by Crippen LogP contribution is -2.14. The molecule has 2 aromatic carbocycles. The van der Waals surface area contributed by atoms with Crippen LogP contribution in [0.5, 0.6) is 5.75 Å². The molecule has 0 aliphatic carbocycles. The van der Waals surface area contributed by atoms with Crippen LogP contribution in [0.4, 0.5) is 5.82 Å². The van der Waals surface area contributed by atoms with Crippen molar-refractivity contribution in [3.8, 4) is 11.4 Å². The SMILES string of the molecule is Cc1ccc(-n2nc(C)cc2NC(=O)c2ccc(COc3ccccc3)o2)cc1. The van der Waals surface area contributed by atoms with Crippen molar-refractivity contribution in [2.24, 2.45) is 0 Å². The minimum Gasteiger partial charge on any atom is -0.486 e. The maximum Gasteiger partial charge on any atom is 0.292 e. The van der Waals surface area contributed by atoms with Crippen LogP contribution in [0.15, 0.2) is 77.2 Å². The summed E-state index contributed by atoms with van der Waals surface area (Å²) in [6.07, 6.45) is 0. The lowest BCUT2D eigenvalue weighted by Gasteiger charge is -2.08. The molecule has 0 unspecified atom stereocenters. The normalized spacial score (nSPS) is 10.7. The van der Waals surface area contributed by atoms with Crippen LogP contribution in [0.1, 0.15) is 27.6 Å². The molecule has 146 valence electrons. The molecule has 4 aromatic rings. The molecular formula is C23H21N3O3. The van der Waals surface area contributed by atoms with E-state index in [-0.39, 0.29) is 18.3 Å². The first kappa shape index (κ1) is 18.6. The molecule has 0 spiro atoms. The van der Waals surface area contributed by atoms with Gasteiger partial charge in [0.1, 0.15) is 23.9 Å². The molecule has 0 saturated carbocycles. The smallest absolute Gasteiger partial charge is 0.292 e. The predicted octanol–water partition coefficient (Wildman–Crippen LogP) is 4.91. The van der Waals surface area contributed by atoms with Gasteiger partial charge in [0.2, 0.25) is 0 Å². The van der Waals surface area contributed by atoms with Crippen molar-refractivity contribution in [2.45, 2.75) is 20.5 Å². The molecule has 1 amide bonds. The van der Waals surface area contributed by atoms with Gasteiger partial charge in [-0.25, -0.2) is 4.68 Å². The van der Waals surface area contributed by atoms with Crippen LogP contribution in [0, 0.1) is 13.8 Å². The number of carbonyl (C=O) groups is 1. The summed E-state index contributed by atoms with van der Waals surface area (Å²) in [6.45, 7) is 4.15. The fraction of sp³-hybridized carbons (Fsp3) is 0.130. The Hall–Kier alpha value is -3.80. The second-order valence-corrected chi connectivity index (χ2v) is 6.74. The molecule has 0 saturated heterocycles. The number of rotatable bonds is 6. The largest absolute Gasteiger partial charge is 0.486 e. The number of carbonyl (C=O) groups excluding carboxylic acids is 1. The molecule has 2 heterocycles. The van der Waals surface area contributed by atoms with Crippen molar-refractivity contribution in [1.82, 2.24) is 9.78 Å². The van der Waals surface area contributed by atoms with Crippen molar-refractivity contribution < 1.29 is 13.9 Å². The molecule has 0 aliphatic heterocycles. The average Bonchev–Trinajstić information content (AvgIpc) is 3.34. The van der Waals surface area contributed by atoms with Crippen molar-refractivity contribution >= 4 is 11.7 Å². The molecule has 4 rings (SSSR count). The summed E-state index contributed by atoms with van der Waals surface area (Å²) in [5, 5.41) is 7.35. The van der Waals surface area contributed by atoms with Crippen LogP contribution in [0.2, 0.25) is 0 Å². The van der Waals surface area contributed by atoms with Gasteiger partial charge in [-0.05, 0) is 50.2 Å². The highest BCUT2D eigenvalue weighted by Crippen LogP contribution is 2.20. The Kier molecular flexibility index (Phi) is 5.16. The Morgan fingerprint density at radius 2 is 1.79 bits per heavy atom. The summed E-state index contributed by atoms with van der Waals surface area (Å²) in [7, 11) is 0. The first-order chi connectivity index (χ1) is 14.1. The van der Waals surface area contributed by atoms with Crippen LogP contribution in [0.25, 0.3) is 5.69 Å². The fourth-order valence-corrected chi connectivity index (χ4v) is 2.90.